The minimum absolute atomic E-state index is 0.0738. The van der Waals surface area contributed by atoms with Gasteiger partial charge in [-0.1, -0.05) is 19.4 Å². The topological polar surface area (TPSA) is 64.6 Å². The van der Waals surface area contributed by atoms with Gasteiger partial charge in [0.1, 0.15) is 5.78 Å². The van der Waals surface area contributed by atoms with Gasteiger partial charge < -0.3 is 14.8 Å². The number of nitrogens with one attached hydrogen (secondary N) is 1. The van der Waals surface area contributed by atoms with E-state index < -0.39 is 0 Å². The van der Waals surface area contributed by atoms with Gasteiger partial charge in [0.05, 0.1) is 14.2 Å². The summed E-state index contributed by atoms with van der Waals surface area (Å²) in [6, 6.07) is 5.70. The minimum Gasteiger partial charge on any atom is -0.493 e. The van der Waals surface area contributed by atoms with Crippen LogP contribution in [0.1, 0.15) is 44.6 Å². The molecule has 0 aliphatic heterocycles. The van der Waals surface area contributed by atoms with Crippen molar-refractivity contribution >= 4 is 11.7 Å². The lowest BCUT2D eigenvalue weighted by atomic mass is 10.1. The highest BCUT2D eigenvalue weighted by atomic mass is 16.5. The number of hydrogen-bond acceptors (Lipinski definition) is 4. The van der Waals surface area contributed by atoms with E-state index in [0.717, 1.165) is 18.4 Å². The van der Waals surface area contributed by atoms with Crippen LogP contribution < -0.4 is 14.8 Å². The zero-order chi connectivity index (χ0) is 17.1. The quantitative estimate of drug-likeness (QED) is 0.680. The second-order valence-corrected chi connectivity index (χ2v) is 5.43. The Morgan fingerprint density at radius 2 is 1.78 bits per heavy atom. The number of carbonyl (C=O) groups excluding carboxylic acids is 2. The molecule has 1 rings (SSSR count). The van der Waals surface area contributed by atoms with E-state index in [4.69, 9.17) is 9.47 Å². The number of Topliss-reactive ketones (excluding diaryl/α,β-unsaturated/α-hetero) is 1. The molecular weight excluding hydrogens is 294 g/mol. The zero-order valence-corrected chi connectivity index (χ0v) is 14.3. The summed E-state index contributed by atoms with van der Waals surface area (Å²) in [5, 5.41) is 2.85. The third-order valence-electron chi connectivity index (χ3n) is 3.62. The van der Waals surface area contributed by atoms with Crippen molar-refractivity contribution in [2.24, 2.45) is 0 Å². The molecule has 23 heavy (non-hydrogen) atoms. The standard InChI is InChI=1S/C18H27NO4/c1-4-5-6-15(20)8-10-18(21)19-12-11-14-7-9-16(22-2)17(13-14)23-3/h7,9,13H,4-6,8,10-12H2,1-3H3,(H,19,21). The molecule has 5 nitrogen and oxygen atoms in total. The number of amides is 1. The van der Waals surface area contributed by atoms with Gasteiger partial charge >= 0.3 is 0 Å². The molecule has 0 saturated carbocycles. The lowest BCUT2D eigenvalue weighted by molar-refractivity contribution is -0.125. The summed E-state index contributed by atoms with van der Waals surface area (Å²) in [6.07, 6.45) is 3.80. The molecule has 0 fully saturated rings. The van der Waals surface area contributed by atoms with E-state index in [1.54, 1.807) is 14.2 Å². The molecule has 0 spiro atoms. The SMILES string of the molecule is CCCCC(=O)CCC(=O)NCCc1ccc(OC)c(OC)c1. The molecule has 0 unspecified atom stereocenters. The number of ether oxygens (including phenoxy) is 2. The summed E-state index contributed by atoms with van der Waals surface area (Å²) in [4.78, 5) is 23.3. The van der Waals surface area contributed by atoms with Crippen molar-refractivity contribution in [1.82, 2.24) is 5.32 Å². The molecule has 0 aromatic heterocycles. The van der Waals surface area contributed by atoms with Crippen LogP contribution in [0.15, 0.2) is 18.2 Å². The molecule has 1 amide bonds. The maximum atomic E-state index is 11.7. The molecule has 1 aromatic carbocycles. The van der Waals surface area contributed by atoms with Crippen LogP contribution in [0.5, 0.6) is 11.5 Å². The third-order valence-corrected chi connectivity index (χ3v) is 3.62. The number of methoxy groups -OCH3 is 2. The van der Waals surface area contributed by atoms with Crippen LogP contribution in [0.2, 0.25) is 0 Å². The van der Waals surface area contributed by atoms with Gasteiger partial charge in [-0.2, -0.15) is 0 Å². The van der Waals surface area contributed by atoms with Gasteiger partial charge in [0.15, 0.2) is 11.5 Å². The Hall–Kier alpha value is -2.04. The molecule has 0 aliphatic carbocycles. The third kappa shape index (κ3) is 7.17. The molecule has 1 aromatic rings. The number of hydrogen-bond donors (Lipinski definition) is 1. The van der Waals surface area contributed by atoms with E-state index in [-0.39, 0.29) is 18.1 Å². The molecule has 0 saturated heterocycles. The van der Waals surface area contributed by atoms with E-state index in [1.165, 1.54) is 0 Å². The van der Waals surface area contributed by atoms with E-state index in [0.29, 0.717) is 37.3 Å². The Balaban J connectivity index is 2.31. The lowest BCUT2D eigenvalue weighted by Crippen LogP contribution is -2.26. The highest BCUT2D eigenvalue weighted by Gasteiger charge is 2.07. The van der Waals surface area contributed by atoms with Gasteiger partial charge in [-0.15, -0.1) is 0 Å². The highest BCUT2D eigenvalue weighted by molar-refractivity contribution is 5.84. The van der Waals surface area contributed by atoms with Crippen molar-refractivity contribution in [3.05, 3.63) is 23.8 Å². The molecule has 0 bridgehead atoms. The molecule has 0 radical (unpaired) electrons. The summed E-state index contributed by atoms with van der Waals surface area (Å²) in [5.41, 5.74) is 1.06. The number of carbonyl (C=O) groups is 2. The smallest absolute Gasteiger partial charge is 0.220 e. The summed E-state index contributed by atoms with van der Waals surface area (Å²) in [7, 11) is 3.19. The van der Waals surface area contributed by atoms with Crippen molar-refractivity contribution in [3.63, 3.8) is 0 Å². The molecule has 5 heteroatoms. The molecule has 0 aliphatic rings. The number of rotatable bonds is 11. The first-order valence-corrected chi connectivity index (χ1v) is 8.10. The van der Waals surface area contributed by atoms with Crippen molar-refractivity contribution in [2.45, 2.75) is 45.4 Å². The average Bonchev–Trinajstić information content (AvgIpc) is 2.57. The first-order valence-electron chi connectivity index (χ1n) is 8.10. The number of unbranched alkanes of at least 4 members (excludes halogenated alkanes) is 1. The van der Waals surface area contributed by atoms with Crippen LogP contribution in [0.25, 0.3) is 0 Å². The van der Waals surface area contributed by atoms with Crippen molar-refractivity contribution < 1.29 is 19.1 Å². The summed E-state index contributed by atoms with van der Waals surface area (Å²) >= 11 is 0. The number of benzene rings is 1. The molecule has 1 N–H and O–H groups in total. The Labute approximate surface area is 138 Å². The van der Waals surface area contributed by atoms with Gasteiger partial charge in [0.25, 0.3) is 0 Å². The fourth-order valence-electron chi connectivity index (χ4n) is 2.22. The maximum Gasteiger partial charge on any atom is 0.220 e. The molecule has 0 atom stereocenters. The van der Waals surface area contributed by atoms with Crippen molar-refractivity contribution in [1.29, 1.82) is 0 Å². The van der Waals surface area contributed by atoms with Crippen LogP contribution in [-0.2, 0) is 16.0 Å². The van der Waals surface area contributed by atoms with Crippen LogP contribution >= 0.6 is 0 Å². The first kappa shape index (κ1) is 19.0. The predicted molar refractivity (Wildman–Crippen MR) is 90.0 cm³/mol. The zero-order valence-electron chi connectivity index (χ0n) is 14.3. The highest BCUT2D eigenvalue weighted by Crippen LogP contribution is 2.27. The molecular formula is C18H27NO4. The van der Waals surface area contributed by atoms with E-state index >= 15 is 0 Å². The monoisotopic (exact) mass is 321 g/mol. The normalized spacial score (nSPS) is 10.2. The van der Waals surface area contributed by atoms with Gasteiger partial charge in [0, 0.05) is 25.8 Å². The van der Waals surface area contributed by atoms with Crippen molar-refractivity contribution in [2.75, 3.05) is 20.8 Å². The van der Waals surface area contributed by atoms with Crippen LogP contribution in [-0.4, -0.2) is 32.5 Å². The average molecular weight is 321 g/mol. The second-order valence-electron chi connectivity index (χ2n) is 5.43. The van der Waals surface area contributed by atoms with E-state index in [9.17, 15) is 9.59 Å². The van der Waals surface area contributed by atoms with Crippen LogP contribution in [0.3, 0.4) is 0 Å². The summed E-state index contributed by atoms with van der Waals surface area (Å²) < 4.78 is 10.4. The van der Waals surface area contributed by atoms with E-state index in [2.05, 4.69) is 5.32 Å². The predicted octanol–water partition coefficient (Wildman–Crippen LogP) is 2.90. The van der Waals surface area contributed by atoms with Crippen molar-refractivity contribution in [3.8, 4) is 11.5 Å². The van der Waals surface area contributed by atoms with Crippen LogP contribution in [0, 0.1) is 0 Å². The van der Waals surface area contributed by atoms with Gasteiger partial charge in [-0.05, 0) is 30.5 Å². The second kappa shape index (κ2) is 10.6. The Morgan fingerprint density at radius 1 is 1.04 bits per heavy atom. The largest absolute Gasteiger partial charge is 0.493 e. The molecule has 128 valence electrons. The molecule has 0 heterocycles. The summed E-state index contributed by atoms with van der Waals surface area (Å²) in [5.74, 6) is 1.46. The van der Waals surface area contributed by atoms with Gasteiger partial charge in [0.2, 0.25) is 5.91 Å². The van der Waals surface area contributed by atoms with Crippen LogP contribution in [0.4, 0.5) is 0 Å². The van der Waals surface area contributed by atoms with Gasteiger partial charge in [-0.3, -0.25) is 9.59 Å². The fourth-order valence-corrected chi connectivity index (χ4v) is 2.22. The minimum atomic E-state index is -0.0738. The fraction of sp³-hybridized carbons (Fsp3) is 0.556. The summed E-state index contributed by atoms with van der Waals surface area (Å²) in [6.45, 7) is 2.59. The van der Waals surface area contributed by atoms with E-state index in [1.807, 2.05) is 25.1 Å². The Morgan fingerprint density at radius 3 is 2.43 bits per heavy atom. The van der Waals surface area contributed by atoms with Gasteiger partial charge in [-0.25, -0.2) is 0 Å². The Kier molecular flexibility index (Phi) is 8.80. The Bertz CT molecular complexity index is 514. The lowest BCUT2D eigenvalue weighted by Gasteiger charge is -2.10. The number of ketones is 1. The maximum absolute atomic E-state index is 11.7. The first-order chi connectivity index (χ1) is 11.1.